The third-order valence-electron chi connectivity index (χ3n) is 4.34. The van der Waals surface area contributed by atoms with Crippen LogP contribution in [0, 0.1) is 5.82 Å². The molecule has 1 heterocycles. The predicted molar refractivity (Wildman–Crippen MR) is 82.8 cm³/mol. The van der Waals surface area contributed by atoms with Crippen LogP contribution >= 0.6 is 0 Å². The lowest BCUT2D eigenvalue weighted by Crippen LogP contribution is -2.55. The van der Waals surface area contributed by atoms with Crippen LogP contribution in [-0.2, 0) is 11.2 Å². The smallest absolute Gasteiger partial charge is 0.240 e. The normalized spacial score (nSPS) is 17.5. The number of amides is 1. The van der Waals surface area contributed by atoms with Crippen molar-refractivity contribution in [1.29, 1.82) is 0 Å². The summed E-state index contributed by atoms with van der Waals surface area (Å²) < 4.78 is 13.1. The Morgan fingerprint density at radius 3 is 2.91 bits per heavy atom. The lowest BCUT2D eigenvalue weighted by Gasteiger charge is -2.31. The maximum absolute atomic E-state index is 13.1. The molecular weight excluding hydrogens is 283 g/mol. The first-order valence-corrected chi connectivity index (χ1v) is 7.78. The van der Waals surface area contributed by atoms with E-state index < -0.39 is 5.54 Å². The van der Waals surface area contributed by atoms with E-state index in [1.165, 1.54) is 12.1 Å². The van der Waals surface area contributed by atoms with Crippen LogP contribution in [0.2, 0.25) is 0 Å². The van der Waals surface area contributed by atoms with Gasteiger partial charge in [-0.2, -0.15) is 0 Å². The highest BCUT2D eigenvalue weighted by atomic mass is 19.1. The summed E-state index contributed by atoms with van der Waals surface area (Å²) in [6.45, 7) is 0.472. The van der Waals surface area contributed by atoms with Crippen LogP contribution in [0.25, 0.3) is 11.0 Å². The first kappa shape index (κ1) is 15.0. The molecule has 0 bridgehead atoms. The summed E-state index contributed by atoms with van der Waals surface area (Å²) in [5.74, 6) is 0.364. The van der Waals surface area contributed by atoms with Crippen LogP contribution in [0.1, 0.15) is 37.9 Å². The summed E-state index contributed by atoms with van der Waals surface area (Å²) in [5, 5.41) is 2.90. The number of nitrogens with zero attached hydrogens (tertiary/aromatic N) is 1. The van der Waals surface area contributed by atoms with Crippen molar-refractivity contribution in [2.45, 2.75) is 44.1 Å². The molecule has 0 atom stereocenters. The van der Waals surface area contributed by atoms with Crippen molar-refractivity contribution in [3.05, 3.63) is 29.8 Å². The number of imidazole rings is 1. The van der Waals surface area contributed by atoms with Crippen LogP contribution in [0.4, 0.5) is 4.39 Å². The van der Waals surface area contributed by atoms with Gasteiger partial charge in [-0.3, -0.25) is 4.79 Å². The van der Waals surface area contributed by atoms with Crippen LogP contribution in [0.3, 0.4) is 0 Å². The van der Waals surface area contributed by atoms with Gasteiger partial charge in [0.2, 0.25) is 5.91 Å². The van der Waals surface area contributed by atoms with Crippen molar-refractivity contribution in [2.24, 2.45) is 5.73 Å². The van der Waals surface area contributed by atoms with Gasteiger partial charge in [-0.1, -0.05) is 19.3 Å². The number of halogens is 1. The summed E-state index contributed by atoms with van der Waals surface area (Å²) in [6.07, 6.45) is 5.25. The zero-order valence-electron chi connectivity index (χ0n) is 12.5. The lowest BCUT2D eigenvalue weighted by atomic mass is 9.82. The number of aromatic amines is 1. The molecule has 5 nitrogen and oxygen atoms in total. The number of carbonyl (C=O) groups is 1. The molecule has 0 radical (unpaired) electrons. The minimum absolute atomic E-state index is 0.0747. The third kappa shape index (κ3) is 3.11. The lowest BCUT2D eigenvalue weighted by molar-refractivity contribution is -0.127. The minimum Gasteiger partial charge on any atom is -0.354 e. The molecule has 1 aliphatic rings. The van der Waals surface area contributed by atoms with Crippen molar-refractivity contribution >= 4 is 16.9 Å². The Morgan fingerprint density at radius 2 is 2.14 bits per heavy atom. The standard InChI is InChI=1S/C16H21FN4O/c17-11-4-5-12-13(10-11)21-14(20-12)6-9-19-15(22)16(18)7-2-1-3-8-16/h4-5,10H,1-3,6-9,18H2,(H,19,22)(H,20,21). The maximum Gasteiger partial charge on any atom is 0.240 e. The van der Waals surface area contributed by atoms with Crippen molar-refractivity contribution in [2.75, 3.05) is 6.54 Å². The van der Waals surface area contributed by atoms with Gasteiger partial charge in [-0.05, 0) is 31.0 Å². The molecule has 6 heteroatoms. The van der Waals surface area contributed by atoms with Gasteiger partial charge < -0.3 is 16.0 Å². The molecule has 1 saturated carbocycles. The Morgan fingerprint density at radius 1 is 1.36 bits per heavy atom. The van der Waals surface area contributed by atoms with E-state index in [0.29, 0.717) is 18.5 Å². The van der Waals surface area contributed by atoms with Crippen molar-refractivity contribution in [3.8, 4) is 0 Å². The van der Waals surface area contributed by atoms with Crippen molar-refractivity contribution in [1.82, 2.24) is 15.3 Å². The Labute approximate surface area is 128 Å². The SMILES string of the molecule is NC1(C(=O)NCCc2nc3ccc(F)cc3[nH]2)CCCCC1. The zero-order valence-corrected chi connectivity index (χ0v) is 12.5. The van der Waals surface area contributed by atoms with E-state index in [0.717, 1.165) is 43.4 Å². The molecule has 0 aliphatic heterocycles. The number of nitrogens with two attached hydrogens (primary N) is 1. The highest BCUT2D eigenvalue weighted by Gasteiger charge is 2.34. The number of H-pyrrole nitrogens is 1. The predicted octanol–water partition coefficient (Wildman–Crippen LogP) is 2.02. The van der Waals surface area contributed by atoms with Crippen LogP contribution < -0.4 is 11.1 Å². The van der Waals surface area contributed by atoms with Crippen molar-refractivity contribution in [3.63, 3.8) is 0 Å². The molecule has 2 aromatic rings. The molecule has 1 amide bonds. The second-order valence-corrected chi connectivity index (χ2v) is 6.07. The Kier molecular flexibility index (Phi) is 4.11. The number of fused-ring (bicyclic) bond motifs is 1. The Balaban J connectivity index is 1.56. The van der Waals surface area contributed by atoms with Crippen LogP contribution in [0.15, 0.2) is 18.2 Å². The van der Waals surface area contributed by atoms with Gasteiger partial charge in [0.25, 0.3) is 0 Å². The summed E-state index contributed by atoms with van der Waals surface area (Å²) in [4.78, 5) is 19.7. The van der Waals surface area contributed by atoms with Gasteiger partial charge in [0.15, 0.2) is 0 Å². The molecule has 0 spiro atoms. The number of hydrogen-bond donors (Lipinski definition) is 3. The molecule has 1 aromatic carbocycles. The topological polar surface area (TPSA) is 83.8 Å². The van der Waals surface area contributed by atoms with E-state index in [9.17, 15) is 9.18 Å². The van der Waals surface area contributed by atoms with Crippen molar-refractivity contribution < 1.29 is 9.18 Å². The molecule has 1 fully saturated rings. The first-order valence-electron chi connectivity index (χ1n) is 7.78. The summed E-state index contributed by atoms with van der Waals surface area (Å²) in [5.41, 5.74) is 6.87. The largest absolute Gasteiger partial charge is 0.354 e. The van der Waals surface area contributed by atoms with E-state index in [1.54, 1.807) is 6.07 Å². The highest BCUT2D eigenvalue weighted by Crippen LogP contribution is 2.25. The van der Waals surface area contributed by atoms with E-state index in [4.69, 9.17) is 5.73 Å². The van der Waals surface area contributed by atoms with Gasteiger partial charge in [-0.15, -0.1) is 0 Å². The number of benzene rings is 1. The minimum atomic E-state index is -0.713. The fourth-order valence-electron chi connectivity index (χ4n) is 3.03. The number of carbonyl (C=O) groups excluding carboxylic acids is 1. The average Bonchev–Trinajstić information content (AvgIpc) is 2.89. The summed E-state index contributed by atoms with van der Waals surface area (Å²) >= 11 is 0. The maximum atomic E-state index is 13.1. The van der Waals surface area contributed by atoms with Gasteiger partial charge in [0, 0.05) is 13.0 Å². The Bertz CT molecular complexity index is 676. The number of nitrogens with one attached hydrogen (secondary N) is 2. The molecule has 22 heavy (non-hydrogen) atoms. The van der Waals surface area contributed by atoms with E-state index in [-0.39, 0.29) is 11.7 Å². The molecule has 1 aliphatic carbocycles. The van der Waals surface area contributed by atoms with Crippen LogP contribution in [0.5, 0.6) is 0 Å². The molecule has 4 N–H and O–H groups in total. The first-order chi connectivity index (χ1) is 10.6. The molecular formula is C16H21FN4O. The fraction of sp³-hybridized carbons (Fsp3) is 0.500. The number of hydrogen-bond acceptors (Lipinski definition) is 3. The van der Waals surface area contributed by atoms with Crippen LogP contribution in [-0.4, -0.2) is 28.0 Å². The molecule has 1 aromatic heterocycles. The highest BCUT2D eigenvalue weighted by molar-refractivity contribution is 5.86. The van der Waals surface area contributed by atoms with Gasteiger partial charge in [0.05, 0.1) is 16.6 Å². The second kappa shape index (κ2) is 6.04. The van der Waals surface area contributed by atoms with Gasteiger partial charge in [-0.25, -0.2) is 9.37 Å². The number of rotatable bonds is 4. The fourth-order valence-corrected chi connectivity index (χ4v) is 3.03. The molecule has 118 valence electrons. The average molecular weight is 304 g/mol. The summed E-state index contributed by atoms with van der Waals surface area (Å²) in [6, 6.07) is 4.44. The molecule has 3 rings (SSSR count). The molecule has 0 unspecified atom stereocenters. The number of aromatic nitrogens is 2. The van der Waals surface area contributed by atoms with E-state index in [2.05, 4.69) is 15.3 Å². The van der Waals surface area contributed by atoms with E-state index in [1.807, 2.05) is 0 Å². The Hall–Kier alpha value is -1.95. The monoisotopic (exact) mass is 304 g/mol. The van der Waals surface area contributed by atoms with Gasteiger partial charge in [0.1, 0.15) is 11.6 Å². The van der Waals surface area contributed by atoms with E-state index >= 15 is 0 Å². The summed E-state index contributed by atoms with van der Waals surface area (Å²) in [7, 11) is 0. The third-order valence-corrected chi connectivity index (χ3v) is 4.34. The molecule has 0 saturated heterocycles. The zero-order chi connectivity index (χ0) is 15.6. The second-order valence-electron chi connectivity index (χ2n) is 6.07. The van der Waals surface area contributed by atoms with Gasteiger partial charge >= 0.3 is 0 Å². The quantitative estimate of drug-likeness (QED) is 0.808.